The fraction of sp³-hybridized carbons (Fsp3) is 0.0833. The molecule has 0 aliphatic carbocycles. The third-order valence-corrected chi connectivity index (χ3v) is 3.55. The van der Waals surface area contributed by atoms with E-state index in [2.05, 4.69) is 10.3 Å². The number of anilines is 1. The second-order valence-electron chi connectivity index (χ2n) is 3.70. The summed E-state index contributed by atoms with van der Waals surface area (Å²) >= 11 is 7.17. The molecule has 0 aliphatic rings. The summed E-state index contributed by atoms with van der Waals surface area (Å²) in [6.07, 6.45) is 1.46. The van der Waals surface area contributed by atoms with Gasteiger partial charge in [0.2, 0.25) is 0 Å². The largest absolute Gasteiger partial charge is 0.478 e. The molecule has 0 saturated carbocycles. The van der Waals surface area contributed by atoms with Gasteiger partial charge in [-0.1, -0.05) is 11.6 Å². The summed E-state index contributed by atoms with van der Waals surface area (Å²) in [6.45, 7) is 1.79. The van der Waals surface area contributed by atoms with Gasteiger partial charge in [-0.05, 0) is 25.1 Å². The number of rotatable bonds is 3. The molecule has 2 rings (SSSR count). The number of hydrogen-bond acceptors (Lipinski definition) is 4. The molecule has 1 heterocycles. The molecule has 0 radical (unpaired) electrons. The first-order chi connectivity index (χ1) is 8.97. The molecule has 98 valence electrons. The maximum atomic E-state index is 11.9. The Hall–Kier alpha value is -1.92. The summed E-state index contributed by atoms with van der Waals surface area (Å²) in [5, 5.41) is 12.5. The lowest BCUT2D eigenvalue weighted by atomic mass is 10.2. The van der Waals surface area contributed by atoms with Crippen LogP contribution in [-0.4, -0.2) is 22.0 Å². The number of nitrogens with one attached hydrogen (secondary N) is 1. The quantitative estimate of drug-likeness (QED) is 0.912. The zero-order valence-corrected chi connectivity index (χ0v) is 11.4. The molecule has 0 fully saturated rings. The van der Waals surface area contributed by atoms with Gasteiger partial charge in [0.1, 0.15) is 4.88 Å². The van der Waals surface area contributed by atoms with Crippen molar-refractivity contribution in [3.8, 4) is 0 Å². The Morgan fingerprint density at radius 3 is 2.74 bits per heavy atom. The average Bonchev–Trinajstić information content (AvgIpc) is 2.78. The first-order valence-electron chi connectivity index (χ1n) is 5.24. The van der Waals surface area contributed by atoms with E-state index in [9.17, 15) is 9.59 Å². The lowest BCUT2D eigenvalue weighted by molar-refractivity contribution is 0.0696. The number of amides is 1. The minimum atomic E-state index is -1.08. The number of aryl methyl sites for hydroxylation is 1. The van der Waals surface area contributed by atoms with Gasteiger partial charge in [-0.25, -0.2) is 9.78 Å². The second-order valence-corrected chi connectivity index (χ2v) is 5.34. The molecule has 1 aromatic heterocycles. The van der Waals surface area contributed by atoms with Gasteiger partial charge in [-0.15, -0.1) is 11.3 Å². The van der Waals surface area contributed by atoms with E-state index in [0.717, 1.165) is 5.01 Å². The molecule has 0 unspecified atom stereocenters. The number of carboxylic acid groups (broad SMARTS) is 1. The molecule has 19 heavy (non-hydrogen) atoms. The van der Waals surface area contributed by atoms with Crippen molar-refractivity contribution in [2.45, 2.75) is 6.92 Å². The number of aromatic carboxylic acids is 1. The third-order valence-electron chi connectivity index (χ3n) is 2.31. The molecule has 0 saturated heterocycles. The van der Waals surface area contributed by atoms with Crippen molar-refractivity contribution >= 4 is 40.5 Å². The highest BCUT2D eigenvalue weighted by Gasteiger charge is 2.13. The number of carboxylic acids is 1. The van der Waals surface area contributed by atoms with E-state index in [-0.39, 0.29) is 22.2 Å². The van der Waals surface area contributed by atoms with Crippen LogP contribution in [0.25, 0.3) is 0 Å². The summed E-state index contributed by atoms with van der Waals surface area (Å²) < 4.78 is 0. The summed E-state index contributed by atoms with van der Waals surface area (Å²) in [6, 6.07) is 4.12. The van der Waals surface area contributed by atoms with Crippen LogP contribution in [0.2, 0.25) is 5.02 Å². The van der Waals surface area contributed by atoms with E-state index in [1.165, 1.54) is 35.7 Å². The third kappa shape index (κ3) is 3.10. The molecule has 1 amide bonds. The van der Waals surface area contributed by atoms with Crippen molar-refractivity contribution in [3.05, 3.63) is 44.9 Å². The highest BCUT2D eigenvalue weighted by atomic mass is 35.5. The maximum absolute atomic E-state index is 11.9. The summed E-state index contributed by atoms with van der Waals surface area (Å²) in [5.74, 6) is -1.45. The normalized spacial score (nSPS) is 10.2. The van der Waals surface area contributed by atoms with E-state index in [4.69, 9.17) is 16.7 Å². The summed E-state index contributed by atoms with van der Waals surface area (Å²) in [4.78, 5) is 27.2. The van der Waals surface area contributed by atoms with Crippen LogP contribution in [0.5, 0.6) is 0 Å². The van der Waals surface area contributed by atoms with Gasteiger partial charge in [0.25, 0.3) is 5.91 Å². The van der Waals surface area contributed by atoms with Crippen molar-refractivity contribution in [3.63, 3.8) is 0 Å². The summed E-state index contributed by atoms with van der Waals surface area (Å²) in [7, 11) is 0. The number of carbonyl (C=O) groups is 2. The van der Waals surface area contributed by atoms with Crippen LogP contribution in [0.4, 0.5) is 5.69 Å². The topological polar surface area (TPSA) is 79.3 Å². The zero-order chi connectivity index (χ0) is 14.0. The van der Waals surface area contributed by atoms with Crippen LogP contribution in [-0.2, 0) is 0 Å². The van der Waals surface area contributed by atoms with Crippen LogP contribution in [0.1, 0.15) is 25.0 Å². The van der Waals surface area contributed by atoms with Crippen LogP contribution in [0.15, 0.2) is 24.4 Å². The van der Waals surface area contributed by atoms with Crippen molar-refractivity contribution in [2.24, 2.45) is 0 Å². The van der Waals surface area contributed by atoms with Crippen LogP contribution in [0.3, 0.4) is 0 Å². The standard InChI is InChI=1S/C12H9ClN2O3S/c1-6-14-5-10(19-6)11(16)15-9-4-7(12(17)18)2-3-8(9)13/h2-5H,1H3,(H,15,16)(H,17,18). The Balaban J connectivity index is 2.25. The van der Waals surface area contributed by atoms with Crippen molar-refractivity contribution in [1.29, 1.82) is 0 Å². The Morgan fingerprint density at radius 1 is 1.42 bits per heavy atom. The van der Waals surface area contributed by atoms with Crippen LogP contribution in [0, 0.1) is 6.92 Å². The molecule has 0 spiro atoms. The molecule has 0 aliphatic heterocycles. The molecule has 5 nitrogen and oxygen atoms in total. The SMILES string of the molecule is Cc1ncc(C(=O)Nc2cc(C(=O)O)ccc2Cl)s1. The molecule has 1 aromatic carbocycles. The number of hydrogen-bond donors (Lipinski definition) is 2. The number of thiazole rings is 1. The molecule has 0 bridgehead atoms. The fourth-order valence-electron chi connectivity index (χ4n) is 1.40. The van der Waals surface area contributed by atoms with E-state index in [1.807, 2.05) is 0 Å². The number of nitrogens with zero attached hydrogens (tertiary/aromatic N) is 1. The van der Waals surface area contributed by atoms with Gasteiger partial charge in [0.05, 0.1) is 27.5 Å². The molecule has 2 N–H and O–H groups in total. The van der Waals surface area contributed by atoms with Crippen molar-refractivity contribution in [1.82, 2.24) is 4.98 Å². The average molecular weight is 297 g/mol. The maximum Gasteiger partial charge on any atom is 0.335 e. The van der Waals surface area contributed by atoms with Crippen molar-refractivity contribution < 1.29 is 14.7 Å². The molecule has 0 atom stereocenters. The minimum absolute atomic E-state index is 0.0557. The second kappa shape index (κ2) is 5.38. The van der Waals surface area contributed by atoms with Crippen molar-refractivity contribution in [2.75, 3.05) is 5.32 Å². The number of carbonyl (C=O) groups excluding carboxylic acids is 1. The highest BCUT2D eigenvalue weighted by Crippen LogP contribution is 2.24. The van der Waals surface area contributed by atoms with Crippen LogP contribution >= 0.6 is 22.9 Å². The van der Waals surface area contributed by atoms with Gasteiger partial charge < -0.3 is 10.4 Å². The number of halogens is 1. The van der Waals surface area contributed by atoms with Gasteiger partial charge in [-0.3, -0.25) is 4.79 Å². The lowest BCUT2D eigenvalue weighted by Gasteiger charge is -2.06. The number of benzene rings is 1. The molecule has 2 aromatic rings. The van der Waals surface area contributed by atoms with Gasteiger partial charge >= 0.3 is 5.97 Å². The first kappa shape index (κ1) is 13.5. The molecular formula is C12H9ClN2O3S. The first-order valence-corrected chi connectivity index (χ1v) is 6.43. The Morgan fingerprint density at radius 2 is 2.16 bits per heavy atom. The fourth-order valence-corrected chi connectivity index (χ4v) is 2.24. The monoisotopic (exact) mass is 296 g/mol. The Kier molecular flexibility index (Phi) is 3.82. The number of aromatic nitrogens is 1. The molecular weight excluding hydrogens is 288 g/mol. The Bertz CT molecular complexity index is 654. The van der Waals surface area contributed by atoms with E-state index in [1.54, 1.807) is 6.92 Å². The zero-order valence-electron chi connectivity index (χ0n) is 9.81. The van der Waals surface area contributed by atoms with Gasteiger partial charge in [0.15, 0.2) is 0 Å². The minimum Gasteiger partial charge on any atom is -0.478 e. The van der Waals surface area contributed by atoms with Gasteiger partial charge in [-0.2, -0.15) is 0 Å². The van der Waals surface area contributed by atoms with E-state index < -0.39 is 5.97 Å². The van der Waals surface area contributed by atoms with Gasteiger partial charge in [0, 0.05) is 0 Å². The van der Waals surface area contributed by atoms with E-state index in [0.29, 0.717) is 4.88 Å². The molecule has 7 heteroatoms. The van der Waals surface area contributed by atoms with E-state index >= 15 is 0 Å². The predicted octanol–water partition coefficient (Wildman–Crippen LogP) is 3.06. The predicted molar refractivity (Wildman–Crippen MR) is 73.2 cm³/mol. The lowest BCUT2D eigenvalue weighted by Crippen LogP contribution is -2.11. The Labute approximate surface area is 117 Å². The smallest absolute Gasteiger partial charge is 0.335 e. The van der Waals surface area contributed by atoms with Crippen LogP contribution < -0.4 is 5.32 Å². The summed E-state index contributed by atoms with van der Waals surface area (Å²) in [5.41, 5.74) is 0.317. The highest BCUT2D eigenvalue weighted by molar-refractivity contribution is 7.13.